The quantitative estimate of drug-likeness (QED) is 0.584. The van der Waals surface area contributed by atoms with Gasteiger partial charge in [-0.1, -0.05) is 15.9 Å². The fourth-order valence-corrected chi connectivity index (χ4v) is 1.65. The van der Waals surface area contributed by atoms with Gasteiger partial charge in [0, 0.05) is 10.0 Å². The van der Waals surface area contributed by atoms with E-state index < -0.39 is 5.91 Å². The third-order valence-electron chi connectivity index (χ3n) is 1.52. The minimum Gasteiger partial charge on any atom is -0.370 e. The van der Waals surface area contributed by atoms with Crippen molar-refractivity contribution in [2.24, 2.45) is 16.5 Å². The van der Waals surface area contributed by atoms with Crippen LogP contribution in [-0.2, 0) is 0 Å². The fourth-order valence-electron chi connectivity index (χ4n) is 1.04. The zero-order valence-corrected chi connectivity index (χ0v) is 9.21. The van der Waals surface area contributed by atoms with Crippen molar-refractivity contribution >= 4 is 27.8 Å². The van der Waals surface area contributed by atoms with Crippen LogP contribution in [0.25, 0.3) is 0 Å². The van der Waals surface area contributed by atoms with Crippen LogP contribution in [0.1, 0.15) is 15.9 Å². The van der Waals surface area contributed by atoms with Crippen LogP contribution in [-0.4, -0.2) is 11.9 Å². The van der Waals surface area contributed by atoms with Gasteiger partial charge in [-0.3, -0.25) is 4.79 Å². The summed E-state index contributed by atoms with van der Waals surface area (Å²) in [5.74, 6) is -0.665. The van der Waals surface area contributed by atoms with Crippen molar-refractivity contribution in [3.8, 4) is 0 Å². The van der Waals surface area contributed by atoms with Crippen molar-refractivity contribution in [1.29, 1.82) is 0 Å². The molecule has 1 amide bonds. The molecular formula is C9H10BrN3O. The van der Waals surface area contributed by atoms with Crippen LogP contribution in [0.4, 0.5) is 0 Å². The first kappa shape index (κ1) is 10.7. The summed E-state index contributed by atoms with van der Waals surface area (Å²) in [5, 5.41) is 0. The summed E-state index contributed by atoms with van der Waals surface area (Å²) in [6.07, 6.45) is 0. The Morgan fingerprint density at radius 1 is 1.36 bits per heavy atom. The van der Waals surface area contributed by atoms with Gasteiger partial charge in [-0.2, -0.15) is 4.99 Å². The molecule has 0 fully saturated rings. The van der Waals surface area contributed by atoms with Crippen molar-refractivity contribution in [3.63, 3.8) is 0 Å². The number of halogens is 1. The van der Waals surface area contributed by atoms with Crippen LogP contribution in [0, 0.1) is 6.92 Å². The Balaban J connectivity index is 3.08. The van der Waals surface area contributed by atoms with Gasteiger partial charge in [0.25, 0.3) is 5.91 Å². The SMILES string of the molecule is Cc1cc(Br)cc(C(=O)N=C(N)N)c1. The number of nitrogens with zero attached hydrogens (tertiary/aromatic N) is 1. The fraction of sp³-hybridized carbons (Fsp3) is 0.111. The molecule has 0 aliphatic rings. The first-order valence-corrected chi connectivity index (χ1v) is 4.69. The second kappa shape index (κ2) is 4.23. The van der Waals surface area contributed by atoms with Crippen molar-refractivity contribution in [2.45, 2.75) is 6.92 Å². The number of amides is 1. The maximum atomic E-state index is 11.4. The topological polar surface area (TPSA) is 81.5 Å². The van der Waals surface area contributed by atoms with E-state index in [4.69, 9.17) is 11.5 Å². The largest absolute Gasteiger partial charge is 0.370 e. The smallest absolute Gasteiger partial charge is 0.280 e. The molecule has 0 spiro atoms. The summed E-state index contributed by atoms with van der Waals surface area (Å²) in [5.41, 5.74) is 11.6. The predicted octanol–water partition coefficient (Wildman–Crippen LogP) is 1.17. The van der Waals surface area contributed by atoms with Gasteiger partial charge in [0.1, 0.15) is 0 Å². The molecule has 0 atom stereocenters. The van der Waals surface area contributed by atoms with Gasteiger partial charge in [0.05, 0.1) is 0 Å². The van der Waals surface area contributed by atoms with E-state index in [0.717, 1.165) is 10.0 Å². The molecule has 0 saturated heterocycles. The number of carbonyl (C=O) groups is 1. The number of aliphatic imine (C=N–C) groups is 1. The second-order valence-corrected chi connectivity index (χ2v) is 3.77. The van der Waals surface area contributed by atoms with E-state index in [9.17, 15) is 4.79 Å². The number of hydrogen-bond acceptors (Lipinski definition) is 1. The minimum atomic E-state index is -0.436. The zero-order valence-electron chi connectivity index (χ0n) is 7.62. The third-order valence-corrected chi connectivity index (χ3v) is 1.98. The number of aryl methyl sites for hydroxylation is 1. The van der Waals surface area contributed by atoms with E-state index in [1.807, 2.05) is 13.0 Å². The van der Waals surface area contributed by atoms with E-state index >= 15 is 0 Å². The molecule has 0 heterocycles. The Morgan fingerprint density at radius 2 is 2.00 bits per heavy atom. The highest BCUT2D eigenvalue weighted by Crippen LogP contribution is 2.15. The number of nitrogens with two attached hydrogens (primary N) is 2. The van der Waals surface area contributed by atoms with Crippen molar-refractivity contribution in [2.75, 3.05) is 0 Å². The molecule has 1 aromatic carbocycles. The second-order valence-electron chi connectivity index (χ2n) is 2.86. The highest BCUT2D eigenvalue weighted by molar-refractivity contribution is 9.10. The van der Waals surface area contributed by atoms with Crippen molar-refractivity contribution < 1.29 is 4.79 Å². The molecule has 1 rings (SSSR count). The van der Waals surface area contributed by atoms with Gasteiger partial charge in [-0.05, 0) is 30.7 Å². The minimum absolute atomic E-state index is 0.229. The zero-order chi connectivity index (χ0) is 10.7. The normalized spacial score (nSPS) is 9.57. The maximum absolute atomic E-state index is 11.4. The van der Waals surface area contributed by atoms with Gasteiger partial charge in [0.2, 0.25) is 0 Å². The van der Waals surface area contributed by atoms with Gasteiger partial charge in [0.15, 0.2) is 5.96 Å². The number of hydrogen-bond donors (Lipinski definition) is 2. The van der Waals surface area contributed by atoms with Crippen LogP contribution >= 0.6 is 15.9 Å². The highest BCUT2D eigenvalue weighted by atomic mass is 79.9. The number of rotatable bonds is 1. The lowest BCUT2D eigenvalue weighted by Gasteiger charge is -1.99. The van der Waals surface area contributed by atoms with Gasteiger partial charge >= 0.3 is 0 Å². The molecular weight excluding hydrogens is 246 g/mol. The van der Waals surface area contributed by atoms with E-state index in [0.29, 0.717) is 5.56 Å². The molecule has 4 N–H and O–H groups in total. The Labute approximate surface area is 90.1 Å². The molecule has 0 bridgehead atoms. The average Bonchev–Trinajstić information content (AvgIpc) is 2.00. The summed E-state index contributed by atoms with van der Waals surface area (Å²) in [4.78, 5) is 14.8. The van der Waals surface area contributed by atoms with Crippen molar-refractivity contribution in [1.82, 2.24) is 0 Å². The van der Waals surface area contributed by atoms with Crippen LogP contribution in [0.15, 0.2) is 27.7 Å². The van der Waals surface area contributed by atoms with Gasteiger partial charge in [-0.25, -0.2) is 0 Å². The maximum Gasteiger partial charge on any atom is 0.280 e. The molecule has 0 aliphatic carbocycles. The molecule has 74 valence electrons. The molecule has 0 aliphatic heterocycles. The lowest BCUT2D eigenvalue weighted by molar-refractivity contribution is 0.100. The predicted molar refractivity (Wildman–Crippen MR) is 59.0 cm³/mol. The van der Waals surface area contributed by atoms with Crippen LogP contribution in [0.2, 0.25) is 0 Å². The summed E-state index contributed by atoms with van der Waals surface area (Å²) < 4.78 is 0.826. The lowest BCUT2D eigenvalue weighted by Crippen LogP contribution is -2.24. The van der Waals surface area contributed by atoms with E-state index in [1.165, 1.54) is 0 Å². The molecule has 1 aromatic rings. The number of benzene rings is 1. The lowest BCUT2D eigenvalue weighted by atomic mass is 10.1. The molecule has 0 unspecified atom stereocenters. The van der Waals surface area contributed by atoms with Crippen LogP contribution < -0.4 is 11.5 Å². The molecule has 0 aromatic heterocycles. The monoisotopic (exact) mass is 255 g/mol. The number of guanidine groups is 1. The Kier molecular flexibility index (Phi) is 3.24. The standard InChI is InChI=1S/C9H10BrN3O/c1-5-2-6(4-7(10)3-5)8(14)13-9(11)12/h2-4H,1H3,(H4,11,12,13,14). The van der Waals surface area contributed by atoms with Crippen molar-refractivity contribution in [3.05, 3.63) is 33.8 Å². The van der Waals surface area contributed by atoms with E-state index in [2.05, 4.69) is 20.9 Å². The third kappa shape index (κ3) is 2.85. The van der Waals surface area contributed by atoms with Gasteiger partial charge < -0.3 is 11.5 Å². The summed E-state index contributed by atoms with van der Waals surface area (Å²) in [7, 11) is 0. The molecule has 14 heavy (non-hydrogen) atoms. The highest BCUT2D eigenvalue weighted by Gasteiger charge is 2.05. The Hall–Kier alpha value is -1.36. The molecule has 4 nitrogen and oxygen atoms in total. The molecule has 0 saturated carbocycles. The summed E-state index contributed by atoms with van der Waals surface area (Å²) >= 11 is 3.28. The van der Waals surface area contributed by atoms with E-state index in [-0.39, 0.29) is 5.96 Å². The molecule has 5 heteroatoms. The Morgan fingerprint density at radius 3 is 2.50 bits per heavy atom. The van der Waals surface area contributed by atoms with Gasteiger partial charge in [-0.15, -0.1) is 0 Å². The number of carbonyl (C=O) groups excluding carboxylic acids is 1. The first-order chi connectivity index (χ1) is 6.49. The summed E-state index contributed by atoms with van der Waals surface area (Å²) in [6, 6.07) is 5.29. The summed E-state index contributed by atoms with van der Waals surface area (Å²) in [6.45, 7) is 1.89. The molecule has 0 radical (unpaired) electrons. The van der Waals surface area contributed by atoms with E-state index in [1.54, 1.807) is 12.1 Å². The van der Waals surface area contributed by atoms with Crippen LogP contribution in [0.3, 0.4) is 0 Å². The first-order valence-electron chi connectivity index (χ1n) is 3.90. The Bertz CT molecular complexity index is 377. The average molecular weight is 256 g/mol. The van der Waals surface area contributed by atoms with Crippen LogP contribution in [0.5, 0.6) is 0 Å².